The molecule has 0 saturated heterocycles. The molecule has 0 unspecified atom stereocenters. The molecule has 0 aliphatic heterocycles. The number of nitrogen functional groups attached to an aromatic ring is 1. The average molecular weight is 164 g/mol. The van der Waals surface area contributed by atoms with Gasteiger partial charge in [-0.05, 0) is 6.07 Å². The van der Waals surface area contributed by atoms with Crippen LogP contribution >= 0.6 is 0 Å². The van der Waals surface area contributed by atoms with Crippen LogP contribution in [-0.4, -0.2) is 19.7 Å². The third kappa shape index (κ3) is 0.911. The van der Waals surface area contributed by atoms with Gasteiger partial charge in [0.1, 0.15) is 5.82 Å². The smallest absolute Gasteiger partial charge is 0.162 e. The van der Waals surface area contributed by atoms with Gasteiger partial charge in [0.2, 0.25) is 0 Å². The summed E-state index contributed by atoms with van der Waals surface area (Å²) in [6.07, 6.45) is 3.28. The van der Waals surface area contributed by atoms with Crippen molar-refractivity contribution in [2.75, 3.05) is 5.73 Å². The molecule has 0 aromatic carbocycles. The van der Waals surface area contributed by atoms with Gasteiger partial charge >= 0.3 is 0 Å². The molecule has 0 fully saturated rings. The highest BCUT2D eigenvalue weighted by atomic mass is 16.3. The van der Waals surface area contributed by atoms with E-state index in [1.54, 1.807) is 23.0 Å². The van der Waals surface area contributed by atoms with Gasteiger partial charge in [-0.2, -0.15) is 5.10 Å². The summed E-state index contributed by atoms with van der Waals surface area (Å²) in [5.74, 6) is 0.428. The number of fused-ring (bicyclic) bond motifs is 1. The number of aliphatic hydroxyl groups excluding tert-OH is 1. The summed E-state index contributed by atoms with van der Waals surface area (Å²) in [7, 11) is 0. The second-order valence-electron chi connectivity index (χ2n) is 2.45. The Labute approximate surface area is 68.5 Å². The van der Waals surface area contributed by atoms with Gasteiger partial charge in [0.25, 0.3) is 0 Å². The fraction of sp³-hybridized carbons (Fsp3) is 0.143. The molecule has 0 spiro atoms. The second-order valence-corrected chi connectivity index (χ2v) is 2.45. The first kappa shape index (κ1) is 7.05. The van der Waals surface area contributed by atoms with E-state index in [1.165, 1.54) is 0 Å². The highest BCUT2D eigenvalue weighted by Gasteiger charge is 2.03. The maximum atomic E-state index is 8.88. The lowest BCUT2D eigenvalue weighted by Crippen LogP contribution is -1.95. The van der Waals surface area contributed by atoms with Crippen LogP contribution in [0.25, 0.3) is 5.65 Å². The van der Waals surface area contributed by atoms with Crippen LogP contribution < -0.4 is 5.73 Å². The van der Waals surface area contributed by atoms with Gasteiger partial charge in [0, 0.05) is 11.8 Å². The molecule has 0 aliphatic carbocycles. The zero-order valence-corrected chi connectivity index (χ0v) is 6.31. The Morgan fingerprint density at radius 1 is 1.58 bits per heavy atom. The van der Waals surface area contributed by atoms with E-state index in [2.05, 4.69) is 10.1 Å². The Balaban J connectivity index is 2.75. The monoisotopic (exact) mass is 164 g/mol. The molecular weight excluding hydrogens is 156 g/mol. The Bertz CT molecular complexity index is 409. The van der Waals surface area contributed by atoms with E-state index in [0.29, 0.717) is 17.0 Å². The summed E-state index contributed by atoms with van der Waals surface area (Å²) in [6.45, 7) is -0.0695. The summed E-state index contributed by atoms with van der Waals surface area (Å²) in [4.78, 5) is 4.02. The van der Waals surface area contributed by atoms with Gasteiger partial charge < -0.3 is 10.8 Å². The molecule has 2 rings (SSSR count). The van der Waals surface area contributed by atoms with Crippen molar-refractivity contribution < 1.29 is 5.11 Å². The van der Waals surface area contributed by atoms with E-state index in [9.17, 15) is 0 Å². The highest BCUT2D eigenvalue weighted by Crippen LogP contribution is 2.08. The number of rotatable bonds is 1. The molecule has 62 valence electrons. The normalized spacial score (nSPS) is 10.8. The molecular formula is C7H8N4O. The van der Waals surface area contributed by atoms with E-state index < -0.39 is 0 Å². The lowest BCUT2D eigenvalue weighted by Gasteiger charge is -1.95. The van der Waals surface area contributed by atoms with Crippen molar-refractivity contribution in [3.05, 3.63) is 24.0 Å². The summed E-state index contributed by atoms with van der Waals surface area (Å²) >= 11 is 0. The summed E-state index contributed by atoms with van der Waals surface area (Å²) in [5, 5.41) is 12.9. The lowest BCUT2D eigenvalue weighted by atomic mass is 10.4. The maximum absolute atomic E-state index is 8.88. The number of aliphatic hydroxyl groups is 1. The van der Waals surface area contributed by atoms with Crippen LogP contribution in [-0.2, 0) is 6.61 Å². The standard InChI is InChI=1S/C7H8N4O/c8-6-1-2-11-7(10-6)5(4-12)3-9-11/h1-3,12H,4H2,(H2,8,10). The van der Waals surface area contributed by atoms with Crippen LogP contribution in [0.2, 0.25) is 0 Å². The van der Waals surface area contributed by atoms with Crippen LogP contribution in [0.3, 0.4) is 0 Å². The molecule has 5 heteroatoms. The van der Waals surface area contributed by atoms with E-state index in [0.717, 1.165) is 0 Å². The maximum Gasteiger partial charge on any atom is 0.162 e. The number of nitrogens with two attached hydrogens (primary N) is 1. The van der Waals surface area contributed by atoms with Crippen molar-refractivity contribution in [2.45, 2.75) is 6.61 Å². The van der Waals surface area contributed by atoms with Crippen molar-refractivity contribution in [2.24, 2.45) is 0 Å². The van der Waals surface area contributed by atoms with E-state index >= 15 is 0 Å². The SMILES string of the molecule is Nc1ccn2ncc(CO)c2n1. The first-order chi connectivity index (χ1) is 5.81. The van der Waals surface area contributed by atoms with Gasteiger partial charge in [0.15, 0.2) is 5.65 Å². The Hall–Kier alpha value is -1.62. The van der Waals surface area contributed by atoms with Crippen molar-refractivity contribution in [1.82, 2.24) is 14.6 Å². The number of nitrogens with zero attached hydrogens (tertiary/aromatic N) is 3. The van der Waals surface area contributed by atoms with Gasteiger partial charge in [-0.15, -0.1) is 0 Å². The van der Waals surface area contributed by atoms with Gasteiger partial charge in [-0.3, -0.25) is 0 Å². The average Bonchev–Trinajstić information content (AvgIpc) is 2.46. The molecule has 3 N–H and O–H groups in total. The number of aromatic nitrogens is 3. The van der Waals surface area contributed by atoms with Crippen molar-refractivity contribution in [3.63, 3.8) is 0 Å². The predicted molar refractivity (Wildman–Crippen MR) is 43.3 cm³/mol. The minimum absolute atomic E-state index is 0.0695. The molecule has 0 saturated carbocycles. The summed E-state index contributed by atoms with van der Waals surface area (Å²) < 4.78 is 1.57. The van der Waals surface area contributed by atoms with Crippen molar-refractivity contribution >= 4 is 11.5 Å². The Kier molecular flexibility index (Phi) is 1.44. The lowest BCUT2D eigenvalue weighted by molar-refractivity contribution is 0.283. The van der Waals surface area contributed by atoms with Crippen LogP contribution in [0.5, 0.6) is 0 Å². The molecule has 2 heterocycles. The molecule has 2 aromatic heterocycles. The topological polar surface area (TPSA) is 76.4 Å². The van der Waals surface area contributed by atoms with Gasteiger partial charge in [-0.1, -0.05) is 0 Å². The molecule has 0 amide bonds. The quantitative estimate of drug-likeness (QED) is 0.612. The minimum atomic E-state index is -0.0695. The van der Waals surface area contributed by atoms with Gasteiger partial charge in [-0.25, -0.2) is 9.50 Å². The molecule has 5 nitrogen and oxygen atoms in total. The molecule has 0 radical (unpaired) electrons. The third-order valence-electron chi connectivity index (χ3n) is 1.63. The molecule has 0 bridgehead atoms. The fourth-order valence-corrected chi connectivity index (χ4v) is 1.04. The Morgan fingerprint density at radius 2 is 2.42 bits per heavy atom. The number of hydrogen-bond acceptors (Lipinski definition) is 4. The van der Waals surface area contributed by atoms with Crippen LogP contribution in [0.1, 0.15) is 5.56 Å². The van der Waals surface area contributed by atoms with E-state index in [1.807, 2.05) is 0 Å². The summed E-state index contributed by atoms with van der Waals surface area (Å²) in [5.41, 5.74) is 6.76. The van der Waals surface area contributed by atoms with Crippen LogP contribution in [0.15, 0.2) is 18.5 Å². The zero-order valence-electron chi connectivity index (χ0n) is 6.31. The van der Waals surface area contributed by atoms with E-state index in [4.69, 9.17) is 10.8 Å². The Morgan fingerprint density at radius 3 is 3.17 bits per heavy atom. The fourth-order valence-electron chi connectivity index (χ4n) is 1.04. The zero-order chi connectivity index (χ0) is 8.55. The highest BCUT2D eigenvalue weighted by molar-refractivity contribution is 5.49. The van der Waals surface area contributed by atoms with Crippen molar-refractivity contribution in [1.29, 1.82) is 0 Å². The third-order valence-corrected chi connectivity index (χ3v) is 1.63. The predicted octanol–water partition coefficient (Wildman–Crippen LogP) is -0.196. The molecule has 0 atom stereocenters. The first-order valence-corrected chi connectivity index (χ1v) is 3.51. The number of anilines is 1. The van der Waals surface area contributed by atoms with Crippen LogP contribution in [0, 0.1) is 0 Å². The summed E-state index contributed by atoms with van der Waals surface area (Å²) in [6, 6.07) is 1.65. The second kappa shape index (κ2) is 2.46. The van der Waals surface area contributed by atoms with Gasteiger partial charge in [0.05, 0.1) is 12.8 Å². The minimum Gasteiger partial charge on any atom is -0.391 e. The largest absolute Gasteiger partial charge is 0.391 e. The molecule has 2 aromatic rings. The van der Waals surface area contributed by atoms with Crippen LogP contribution in [0.4, 0.5) is 5.82 Å². The molecule has 0 aliphatic rings. The van der Waals surface area contributed by atoms with E-state index in [-0.39, 0.29) is 6.61 Å². The number of hydrogen-bond donors (Lipinski definition) is 2. The molecule has 12 heavy (non-hydrogen) atoms. The van der Waals surface area contributed by atoms with Crippen molar-refractivity contribution in [3.8, 4) is 0 Å². The first-order valence-electron chi connectivity index (χ1n) is 3.51.